The molecule has 2 aliphatic heterocycles. The summed E-state index contributed by atoms with van der Waals surface area (Å²) >= 11 is 13.7. The monoisotopic (exact) mass is 1020 g/mol. The molecule has 2 aliphatic rings. The molecule has 4 atom stereocenters. The van der Waals surface area contributed by atoms with Crippen LogP contribution in [0.4, 0.5) is 0 Å². The van der Waals surface area contributed by atoms with Crippen molar-refractivity contribution >= 4 is 46.6 Å². The van der Waals surface area contributed by atoms with Gasteiger partial charge >= 0.3 is 11.9 Å². The third-order valence-electron chi connectivity index (χ3n) is 12.4. The predicted octanol–water partition coefficient (Wildman–Crippen LogP) is 7.84. The number of carbonyl (C=O) groups is 2. The second-order valence-corrected chi connectivity index (χ2v) is 18.5. The number of aliphatic hydroxyl groups is 2. The lowest BCUT2D eigenvalue weighted by Crippen LogP contribution is -2.44. The summed E-state index contributed by atoms with van der Waals surface area (Å²) in [5.41, 5.74) is 12.3. The Labute approximate surface area is 426 Å². The Hall–Kier alpha value is -6.92. The zero-order valence-electron chi connectivity index (χ0n) is 40.0. The van der Waals surface area contributed by atoms with Crippen LogP contribution in [-0.2, 0) is 49.1 Å². The van der Waals surface area contributed by atoms with Gasteiger partial charge in [0, 0.05) is 83.4 Å². The quantitative estimate of drug-likeness (QED) is 0.0321. The Bertz CT molecular complexity index is 2850. The summed E-state index contributed by atoms with van der Waals surface area (Å²) in [4.78, 5) is 40.9. The number of aliphatic imine (C=N–C) groups is 2. The van der Waals surface area contributed by atoms with Crippen LogP contribution >= 0.6 is 23.2 Å². The molecule has 0 amide bonds. The van der Waals surface area contributed by atoms with Crippen molar-refractivity contribution in [2.75, 3.05) is 13.1 Å². The third kappa shape index (κ3) is 12.9. The molecular formula is C54H54Cl2N6O10. The van der Waals surface area contributed by atoms with Crippen molar-refractivity contribution in [2.24, 2.45) is 9.98 Å². The van der Waals surface area contributed by atoms with Gasteiger partial charge in [-0.25, -0.2) is 0 Å². The zero-order chi connectivity index (χ0) is 51.1. The van der Waals surface area contributed by atoms with Crippen LogP contribution in [0.2, 0.25) is 10.0 Å². The number of carboxylic acids is 2. The number of ether oxygens (including phenoxy) is 4. The fourth-order valence-electron chi connectivity index (χ4n) is 8.08. The summed E-state index contributed by atoms with van der Waals surface area (Å²) < 4.78 is 25.4. The summed E-state index contributed by atoms with van der Waals surface area (Å²) in [6.45, 7) is 8.95. The number of pyridine rings is 2. The fraction of sp³-hybridized carbons (Fsp3) is 0.296. The average molecular weight is 1020 g/mol. The molecule has 0 fully saturated rings. The number of carboxylic acid groups (broad SMARTS) is 2. The molecule has 8 rings (SSSR count). The minimum Gasteiger partial charge on any atom is -0.488 e. The number of aliphatic hydroxyl groups excluding tert-OH is 2. The number of rotatable bonds is 25. The van der Waals surface area contributed by atoms with Crippen molar-refractivity contribution in [3.8, 4) is 34.1 Å². The van der Waals surface area contributed by atoms with Crippen LogP contribution in [0.3, 0.4) is 0 Å². The maximum absolute atomic E-state index is 11.9. The first-order valence-electron chi connectivity index (χ1n) is 23.2. The number of hydrogen-bond acceptors (Lipinski definition) is 14. The van der Waals surface area contributed by atoms with Crippen LogP contribution in [0.1, 0.15) is 69.5 Å². The van der Waals surface area contributed by atoms with E-state index in [1.165, 1.54) is 13.8 Å². The molecule has 72 heavy (non-hydrogen) atoms. The van der Waals surface area contributed by atoms with Crippen molar-refractivity contribution in [2.45, 2.75) is 91.5 Å². The van der Waals surface area contributed by atoms with E-state index in [1.807, 2.05) is 62.4 Å². The van der Waals surface area contributed by atoms with E-state index in [0.717, 1.165) is 67.1 Å². The Balaban J connectivity index is 0.989. The summed E-state index contributed by atoms with van der Waals surface area (Å²) in [7, 11) is 0. The maximum Gasteiger partial charge on any atom is 0.323 e. The number of benzene rings is 4. The number of aliphatic carboxylic acids is 2. The fourth-order valence-corrected chi connectivity index (χ4v) is 8.56. The predicted molar refractivity (Wildman–Crippen MR) is 273 cm³/mol. The number of nitrogens with one attached hydrogen (secondary N) is 2. The molecule has 4 aromatic carbocycles. The number of aromatic nitrogens is 2. The van der Waals surface area contributed by atoms with Crippen molar-refractivity contribution in [1.82, 2.24) is 20.6 Å². The van der Waals surface area contributed by atoms with E-state index in [-0.39, 0.29) is 49.6 Å². The molecule has 6 N–H and O–H groups in total. The van der Waals surface area contributed by atoms with E-state index in [1.54, 1.807) is 49.1 Å². The minimum atomic E-state index is -1.22. The molecule has 0 unspecified atom stereocenters. The van der Waals surface area contributed by atoms with Crippen LogP contribution in [0, 0.1) is 13.8 Å². The van der Waals surface area contributed by atoms with Crippen LogP contribution in [0.5, 0.6) is 23.0 Å². The molecule has 0 bridgehead atoms. The zero-order valence-corrected chi connectivity index (χ0v) is 41.5. The molecule has 18 heteroatoms. The van der Waals surface area contributed by atoms with Gasteiger partial charge in [-0.3, -0.25) is 40.2 Å². The van der Waals surface area contributed by atoms with E-state index in [2.05, 4.69) is 30.6 Å². The van der Waals surface area contributed by atoms with Gasteiger partial charge in [-0.05, 0) is 85.3 Å². The van der Waals surface area contributed by atoms with E-state index in [4.69, 9.17) is 42.1 Å². The summed E-state index contributed by atoms with van der Waals surface area (Å²) in [5, 5.41) is 46.0. The molecule has 2 aromatic heterocycles. The molecular weight excluding hydrogens is 964 g/mol. The maximum atomic E-state index is 11.9. The highest BCUT2D eigenvalue weighted by Crippen LogP contribution is 2.38. The van der Waals surface area contributed by atoms with Gasteiger partial charge < -0.3 is 39.4 Å². The number of hydrogen-bond donors (Lipinski definition) is 6. The van der Waals surface area contributed by atoms with E-state index >= 15 is 0 Å². The lowest BCUT2D eigenvalue weighted by molar-refractivity contribution is -0.143. The Morgan fingerprint density at radius 3 is 1.32 bits per heavy atom. The van der Waals surface area contributed by atoms with Crippen LogP contribution < -0.4 is 29.6 Å². The Morgan fingerprint density at radius 2 is 0.958 bits per heavy atom. The van der Waals surface area contributed by atoms with Gasteiger partial charge in [0.15, 0.2) is 0 Å². The molecule has 4 heterocycles. The third-order valence-corrected chi connectivity index (χ3v) is 13.0. The van der Waals surface area contributed by atoms with Gasteiger partial charge in [0.2, 0.25) is 0 Å². The van der Waals surface area contributed by atoms with Gasteiger partial charge in [-0.2, -0.15) is 0 Å². The van der Waals surface area contributed by atoms with Gasteiger partial charge in [0.1, 0.15) is 61.5 Å². The lowest BCUT2D eigenvalue weighted by Gasteiger charge is -2.20. The summed E-state index contributed by atoms with van der Waals surface area (Å²) in [6, 6.07) is 20.2. The topological polar surface area (TPSA) is 227 Å². The van der Waals surface area contributed by atoms with E-state index in [0.29, 0.717) is 47.2 Å². The lowest BCUT2D eigenvalue weighted by atomic mass is 9.92. The standard InChI is InChI=1S/C54H54Cl2N6O10/c1-29-35(27-71-49-15-47(69-25-33-11-37(19-57-17-33)45-23-59-45)39(13-43(49)55)21-61-51(31(3)63)53(65)66)7-5-9-41(29)42-10-6-8-36(30(42)2)28-72-50-16-48(70-26-34-12-38(20-58-18-34)46-24-60-46)40(14-44(50)56)22-62-52(32(4)64)54(67)68/h5-20,31-32,51-52,61-64H,21-28H2,1-4H3,(H,65,66)(H,67,68)/t31-,32-,51+,52+/m0/s1. The summed E-state index contributed by atoms with van der Waals surface area (Å²) in [5.74, 6) is -0.852. The molecule has 0 spiro atoms. The molecule has 374 valence electrons. The largest absolute Gasteiger partial charge is 0.488 e. The Kier molecular flexibility index (Phi) is 16.5. The van der Waals surface area contributed by atoms with Crippen molar-refractivity contribution in [3.63, 3.8) is 0 Å². The van der Waals surface area contributed by atoms with Gasteiger partial charge in [0.25, 0.3) is 0 Å². The van der Waals surface area contributed by atoms with Gasteiger partial charge in [-0.15, -0.1) is 0 Å². The SMILES string of the molecule is Cc1c(COc2cc(OCc3cncc(C4=NC4)c3)c(CN[C@@H](C(=O)O)[C@H](C)O)cc2Cl)cccc1-c1cccc(COc2cc(OCc3cncc(C4=NC4)c3)c(CN[C@@H](C(=O)O)[C@H](C)O)cc2Cl)c1C. The van der Waals surface area contributed by atoms with Crippen LogP contribution in [0.25, 0.3) is 11.1 Å². The average Bonchev–Trinajstić information content (AvgIpc) is 4.29. The molecule has 0 radical (unpaired) electrons. The van der Waals surface area contributed by atoms with Gasteiger partial charge in [0.05, 0.1) is 46.8 Å². The summed E-state index contributed by atoms with van der Waals surface area (Å²) in [6.07, 6.45) is 4.62. The van der Waals surface area contributed by atoms with Crippen LogP contribution in [0.15, 0.2) is 108 Å². The molecule has 16 nitrogen and oxygen atoms in total. The van der Waals surface area contributed by atoms with E-state index < -0.39 is 36.2 Å². The first-order valence-corrected chi connectivity index (χ1v) is 24.0. The van der Waals surface area contributed by atoms with Crippen molar-refractivity contribution in [1.29, 1.82) is 0 Å². The highest BCUT2D eigenvalue weighted by Gasteiger charge is 2.26. The normalized spacial score (nSPS) is 14.3. The molecule has 0 saturated carbocycles. The van der Waals surface area contributed by atoms with Crippen LogP contribution in [-0.4, -0.2) is 91.1 Å². The van der Waals surface area contributed by atoms with Crippen molar-refractivity contribution in [3.05, 3.63) is 163 Å². The molecule has 0 saturated heterocycles. The number of nitrogens with zero attached hydrogens (tertiary/aromatic N) is 4. The Morgan fingerprint density at radius 1 is 0.569 bits per heavy atom. The second-order valence-electron chi connectivity index (χ2n) is 17.7. The molecule has 0 aliphatic carbocycles. The van der Waals surface area contributed by atoms with Crippen molar-refractivity contribution < 1.29 is 49.0 Å². The smallest absolute Gasteiger partial charge is 0.323 e. The first-order chi connectivity index (χ1) is 34.6. The second kappa shape index (κ2) is 23.1. The minimum absolute atomic E-state index is 0.0380. The van der Waals surface area contributed by atoms with Gasteiger partial charge in [-0.1, -0.05) is 59.6 Å². The first kappa shape index (κ1) is 51.4. The van der Waals surface area contributed by atoms with E-state index in [9.17, 15) is 30.0 Å². The highest BCUT2D eigenvalue weighted by molar-refractivity contribution is 6.32. The number of halogens is 2. The molecule has 6 aromatic rings. The highest BCUT2D eigenvalue weighted by atomic mass is 35.5.